The Bertz CT molecular complexity index is 764. The van der Waals surface area contributed by atoms with Crippen molar-refractivity contribution in [3.8, 4) is 0 Å². The average Bonchev–Trinajstić information content (AvgIpc) is 3.17. The van der Waals surface area contributed by atoms with Gasteiger partial charge in [0.1, 0.15) is 0 Å². The number of hydrogen-bond acceptors (Lipinski definition) is 3. The monoisotopic (exact) mass is 295 g/mol. The summed E-state index contributed by atoms with van der Waals surface area (Å²) in [5, 5.41) is 4.42. The molecule has 0 atom stereocenters. The summed E-state index contributed by atoms with van der Waals surface area (Å²) in [6, 6.07) is 8.42. The number of likely N-dealkylation sites (tertiary alicyclic amines) is 1. The van der Waals surface area contributed by atoms with Gasteiger partial charge in [0, 0.05) is 49.4 Å². The van der Waals surface area contributed by atoms with Gasteiger partial charge in [-0.2, -0.15) is 5.10 Å². The van der Waals surface area contributed by atoms with E-state index < -0.39 is 0 Å². The Morgan fingerprint density at radius 2 is 2.00 bits per heavy atom. The minimum atomic E-state index is 0.579. The van der Waals surface area contributed by atoms with E-state index in [0.29, 0.717) is 5.92 Å². The lowest BCUT2D eigenvalue weighted by Gasteiger charge is -2.32. The number of rotatable bonds is 3. The fraction of sp³-hybridized carbons (Fsp3) is 0.412. The Morgan fingerprint density at radius 3 is 2.77 bits per heavy atom. The second-order valence-corrected chi connectivity index (χ2v) is 6.13. The Morgan fingerprint density at radius 1 is 1.14 bits per heavy atom. The van der Waals surface area contributed by atoms with Gasteiger partial charge < -0.3 is 4.57 Å². The van der Waals surface area contributed by atoms with E-state index in [0.717, 1.165) is 25.3 Å². The van der Waals surface area contributed by atoms with Crippen molar-refractivity contribution in [2.75, 3.05) is 13.1 Å². The molecule has 0 saturated carbocycles. The molecule has 0 N–H and O–H groups in total. The van der Waals surface area contributed by atoms with Gasteiger partial charge in [-0.05, 0) is 44.1 Å². The maximum atomic E-state index is 4.42. The van der Waals surface area contributed by atoms with Crippen LogP contribution < -0.4 is 0 Å². The smallest absolute Gasteiger partial charge is 0.155 e. The largest absolute Gasteiger partial charge is 0.353 e. The highest BCUT2D eigenvalue weighted by molar-refractivity contribution is 5.37. The van der Waals surface area contributed by atoms with Crippen molar-refractivity contribution < 1.29 is 0 Å². The summed E-state index contributed by atoms with van der Waals surface area (Å²) in [5.41, 5.74) is 3.63. The summed E-state index contributed by atoms with van der Waals surface area (Å²) >= 11 is 0. The lowest BCUT2D eigenvalue weighted by Crippen LogP contribution is -2.33. The molecule has 3 aromatic heterocycles. The first-order chi connectivity index (χ1) is 10.8. The fourth-order valence-electron chi connectivity index (χ4n) is 3.44. The molecule has 1 fully saturated rings. The first kappa shape index (κ1) is 13.5. The van der Waals surface area contributed by atoms with Crippen molar-refractivity contribution in [3.63, 3.8) is 0 Å². The van der Waals surface area contributed by atoms with Gasteiger partial charge >= 0.3 is 0 Å². The van der Waals surface area contributed by atoms with E-state index >= 15 is 0 Å². The zero-order valence-corrected chi connectivity index (χ0v) is 12.9. The molecule has 1 saturated heterocycles. The second kappa shape index (κ2) is 5.57. The highest BCUT2D eigenvalue weighted by atomic mass is 15.3. The van der Waals surface area contributed by atoms with Crippen LogP contribution in [0.2, 0.25) is 0 Å². The topological polar surface area (TPSA) is 38.4 Å². The van der Waals surface area contributed by atoms with Crippen molar-refractivity contribution in [2.45, 2.75) is 25.3 Å². The molecule has 5 nitrogen and oxygen atoms in total. The van der Waals surface area contributed by atoms with Gasteiger partial charge in [0.05, 0.1) is 6.20 Å². The molecule has 0 spiro atoms. The quantitative estimate of drug-likeness (QED) is 0.745. The number of nitrogens with zero attached hydrogens (tertiary/aromatic N) is 5. The van der Waals surface area contributed by atoms with Crippen molar-refractivity contribution in [1.82, 2.24) is 24.1 Å². The van der Waals surface area contributed by atoms with Crippen molar-refractivity contribution in [2.24, 2.45) is 7.05 Å². The Kier molecular flexibility index (Phi) is 3.42. The van der Waals surface area contributed by atoms with Crippen molar-refractivity contribution in [1.29, 1.82) is 0 Å². The molecule has 5 heteroatoms. The summed E-state index contributed by atoms with van der Waals surface area (Å²) in [6.07, 6.45) is 8.22. The minimum Gasteiger partial charge on any atom is -0.353 e. The second-order valence-electron chi connectivity index (χ2n) is 6.13. The highest BCUT2D eigenvalue weighted by Gasteiger charge is 2.23. The van der Waals surface area contributed by atoms with Crippen LogP contribution in [0.1, 0.15) is 30.1 Å². The van der Waals surface area contributed by atoms with Gasteiger partial charge in [-0.15, -0.1) is 0 Å². The molecular weight excluding hydrogens is 274 g/mol. The molecule has 0 unspecified atom stereocenters. The van der Waals surface area contributed by atoms with Gasteiger partial charge in [-0.1, -0.05) is 0 Å². The molecular formula is C17H21N5. The number of piperidine rings is 1. The average molecular weight is 295 g/mol. The lowest BCUT2D eigenvalue weighted by atomic mass is 9.93. The molecule has 4 rings (SSSR count). The summed E-state index contributed by atoms with van der Waals surface area (Å²) in [4.78, 5) is 6.91. The molecule has 3 aromatic rings. The third-order valence-corrected chi connectivity index (χ3v) is 4.76. The summed E-state index contributed by atoms with van der Waals surface area (Å²) < 4.78 is 4.21. The maximum absolute atomic E-state index is 4.42. The Hall–Kier alpha value is -2.14. The number of hydrogen-bond donors (Lipinski definition) is 0. The molecule has 22 heavy (non-hydrogen) atoms. The van der Waals surface area contributed by atoms with Crippen LogP contribution in [-0.4, -0.2) is 37.2 Å². The molecule has 4 heterocycles. The molecule has 0 amide bonds. The third kappa shape index (κ3) is 2.41. The van der Waals surface area contributed by atoms with E-state index in [9.17, 15) is 0 Å². The number of fused-ring (bicyclic) bond motifs is 1. The van der Waals surface area contributed by atoms with Gasteiger partial charge in [0.15, 0.2) is 5.65 Å². The molecule has 0 aromatic carbocycles. The van der Waals surface area contributed by atoms with Crippen molar-refractivity contribution in [3.05, 3.63) is 54.2 Å². The normalized spacial score (nSPS) is 17.3. The Balaban J connectivity index is 1.46. The molecule has 0 radical (unpaired) electrons. The van der Waals surface area contributed by atoms with Crippen LogP contribution in [0, 0.1) is 0 Å². The zero-order valence-electron chi connectivity index (χ0n) is 12.9. The van der Waals surface area contributed by atoms with Gasteiger partial charge in [-0.25, -0.2) is 9.50 Å². The highest BCUT2D eigenvalue weighted by Crippen LogP contribution is 2.28. The minimum absolute atomic E-state index is 0.579. The van der Waals surface area contributed by atoms with E-state index in [1.165, 1.54) is 24.2 Å². The number of aryl methyl sites for hydroxylation is 1. The predicted molar refractivity (Wildman–Crippen MR) is 85.7 cm³/mol. The summed E-state index contributed by atoms with van der Waals surface area (Å²) in [7, 11) is 2.12. The third-order valence-electron chi connectivity index (χ3n) is 4.76. The fourth-order valence-corrected chi connectivity index (χ4v) is 3.44. The van der Waals surface area contributed by atoms with E-state index in [4.69, 9.17) is 0 Å². The van der Waals surface area contributed by atoms with Gasteiger partial charge in [0.25, 0.3) is 0 Å². The lowest BCUT2D eigenvalue weighted by molar-refractivity contribution is 0.199. The maximum Gasteiger partial charge on any atom is 0.155 e. The molecule has 1 aliphatic rings. The number of aromatic nitrogens is 4. The van der Waals surface area contributed by atoms with Crippen LogP contribution in [0.4, 0.5) is 0 Å². The van der Waals surface area contributed by atoms with Crippen LogP contribution in [0.5, 0.6) is 0 Å². The van der Waals surface area contributed by atoms with E-state index in [-0.39, 0.29) is 0 Å². The van der Waals surface area contributed by atoms with Gasteiger partial charge in [-0.3, -0.25) is 4.90 Å². The summed E-state index contributed by atoms with van der Waals surface area (Å²) in [5.74, 6) is 0.579. The van der Waals surface area contributed by atoms with E-state index in [1.807, 2.05) is 23.0 Å². The van der Waals surface area contributed by atoms with Crippen molar-refractivity contribution >= 4 is 5.65 Å². The van der Waals surface area contributed by atoms with Crippen LogP contribution in [-0.2, 0) is 13.6 Å². The first-order valence-corrected chi connectivity index (χ1v) is 7.92. The standard InChI is InChI=1S/C17H21N5/c1-20-10-2-3-15(20)13-21-11-6-14(7-12-21)16-4-8-18-17-5-9-19-22(16)17/h2-5,8-10,14H,6-7,11-13H2,1H3. The SMILES string of the molecule is Cn1cccc1CN1CCC(c2ccnc3ccnn23)CC1. The molecule has 0 aliphatic carbocycles. The van der Waals surface area contributed by atoms with Crippen LogP contribution in [0.25, 0.3) is 5.65 Å². The van der Waals surface area contributed by atoms with E-state index in [2.05, 4.69) is 51.0 Å². The van der Waals surface area contributed by atoms with Crippen LogP contribution in [0.15, 0.2) is 42.9 Å². The first-order valence-electron chi connectivity index (χ1n) is 7.92. The van der Waals surface area contributed by atoms with Gasteiger partial charge in [0.2, 0.25) is 0 Å². The Labute approximate surface area is 130 Å². The molecule has 1 aliphatic heterocycles. The predicted octanol–water partition coefficient (Wildman–Crippen LogP) is 2.45. The van der Waals surface area contributed by atoms with Crippen LogP contribution in [0.3, 0.4) is 0 Å². The summed E-state index contributed by atoms with van der Waals surface area (Å²) in [6.45, 7) is 3.33. The molecule has 0 bridgehead atoms. The zero-order chi connectivity index (χ0) is 14.9. The van der Waals surface area contributed by atoms with Crippen LogP contribution >= 0.6 is 0 Å². The van der Waals surface area contributed by atoms with E-state index in [1.54, 1.807) is 0 Å². The molecule has 114 valence electrons.